The van der Waals surface area contributed by atoms with Crippen LogP contribution in [-0.4, -0.2) is 35.0 Å². The van der Waals surface area contributed by atoms with E-state index < -0.39 is 5.97 Å². The van der Waals surface area contributed by atoms with E-state index in [1.165, 1.54) is 12.1 Å². The summed E-state index contributed by atoms with van der Waals surface area (Å²) in [6.45, 7) is 5.83. The number of carboxylic acids is 1. The predicted molar refractivity (Wildman–Crippen MR) is 72.3 cm³/mol. The maximum Gasteiger partial charge on any atom is 0.335 e. The Morgan fingerprint density at radius 3 is 2.63 bits per heavy atom. The quantitative estimate of drug-likeness (QED) is 0.910. The molecule has 1 heterocycles. The highest BCUT2D eigenvalue weighted by atomic mass is 16.4. The minimum Gasteiger partial charge on any atom is -0.478 e. The maximum absolute atomic E-state index is 12.4. The maximum atomic E-state index is 12.4. The lowest BCUT2D eigenvalue weighted by atomic mass is 9.87. The van der Waals surface area contributed by atoms with Gasteiger partial charge in [-0.2, -0.15) is 0 Å². The topological polar surface area (TPSA) is 57.6 Å². The molecule has 0 aliphatic carbocycles. The molecule has 0 saturated carbocycles. The van der Waals surface area contributed by atoms with Gasteiger partial charge in [-0.15, -0.1) is 0 Å². The molecule has 1 aromatic carbocycles. The van der Waals surface area contributed by atoms with E-state index in [1.807, 2.05) is 4.90 Å². The summed E-state index contributed by atoms with van der Waals surface area (Å²) >= 11 is 0. The Balaban J connectivity index is 2.17. The minimum absolute atomic E-state index is 0.0692. The molecule has 1 fully saturated rings. The zero-order valence-electron chi connectivity index (χ0n) is 11.3. The summed E-state index contributed by atoms with van der Waals surface area (Å²) in [5.74, 6) is -1.07. The normalized spacial score (nSPS) is 22.5. The highest BCUT2D eigenvalue weighted by molar-refractivity contribution is 5.97. The fourth-order valence-electron chi connectivity index (χ4n) is 2.45. The number of carbonyl (C=O) groups excluding carboxylic acids is 1. The van der Waals surface area contributed by atoms with Crippen LogP contribution in [0.25, 0.3) is 0 Å². The molecule has 4 nitrogen and oxygen atoms in total. The van der Waals surface area contributed by atoms with Crippen molar-refractivity contribution in [1.29, 1.82) is 0 Å². The van der Waals surface area contributed by atoms with Crippen molar-refractivity contribution >= 4 is 11.9 Å². The smallest absolute Gasteiger partial charge is 0.335 e. The van der Waals surface area contributed by atoms with Gasteiger partial charge in [-0.25, -0.2) is 4.79 Å². The van der Waals surface area contributed by atoms with Gasteiger partial charge in [0.15, 0.2) is 0 Å². The number of carbonyl (C=O) groups is 2. The summed E-state index contributed by atoms with van der Waals surface area (Å²) in [5.41, 5.74) is 0.809. The van der Waals surface area contributed by atoms with Gasteiger partial charge in [-0.05, 0) is 36.5 Å². The molecule has 2 rings (SSSR count). The lowest BCUT2D eigenvalue weighted by Gasteiger charge is -2.22. The van der Waals surface area contributed by atoms with Crippen LogP contribution in [0.5, 0.6) is 0 Å². The Morgan fingerprint density at radius 2 is 2.05 bits per heavy atom. The average Bonchev–Trinajstić information content (AvgIpc) is 2.81. The van der Waals surface area contributed by atoms with Crippen molar-refractivity contribution in [2.24, 2.45) is 5.41 Å². The molecule has 0 spiro atoms. The largest absolute Gasteiger partial charge is 0.478 e. The van der Waals surface area contributed by atoms with Crippen molar-refractivity contribution in [3.8, 4) is 0 Å². The van der Waals surface area contributed by atoms with Gasteiger partial charge in [0.25, 0.3) is 5.91 Å². The summed E-state index contributed by atoms with van der Waals surface area (Å²) in [6, 6.07) is 6.24. The number of rotatable bonds is 3. The first-order valence-electron chi connectivity index (χ1n) is 6.58. The van der Waals surface area contributed by atoms with Crippen LogP contribution in [0.4, 0.5) is 0 Å². The van der Waals surface area contributed by atoms with Crippen molar-refractivity contribution < 1.29 is 14.7 Å². The summed E-state index contributed by atoms with van der Waals surface area (Å²) in [4.78, 5) is 25.1. The highest BCUT2D eigenvalue weighted by Gasteiger charge is 2.34. The van der Waals surface area contributed by atoms with Crippen LogP contribution in [0.15, 0.2) is 24.3 Å². The Labute approximate surface area is 113 Å². The highest BCUT2D eigenvalue weighted by Crippen LogP contribution is 2.33. The first-order valence-corrected chi connectivity index (χ1v) is 6.58. The molecule has 19 heavy (non-hydrogen) atoms. The van der Waals surface area contributed by atoms with Crippen LogP contribution in [0.1, 0.15) is 47.4 Å². The Hall–Kier alpha value is -1.84. The first kappa shape index (κ1) is 13.6. The van der Waals surface area contributed by atoms with E-state index in [9.17, 15) is 9.59 Å². The van der Waals surface area contributed by atoms with Crippen LogP contribution in [0.3, 0.4) is 0 Å². The minimum atomic E-state index is -1.01. The lowest BCUT2D eigenvalue weighted by Crippen LogP contribution is -2.31. The van der Waals surface area contributed by atoms with Gasteiger partial charge in [0.05, 0.1) is 5.56 Å². The molecule has 1 N–H and O–H groups in total. The molecule has 1 unspecified atom stereocenters. The number of aromatic carboxylic acids is 1. The van der Waals surface area contributed by atoms with Crippen LogP contribution >= 0.6 is 0 Å². The standard InChI is InChI=1S/C15H19NO3/c1-3-15(2)7-8-16(10-15)13(17)11-5-4-6-12(9-11)14(18)19/h4-6,9H,3,7-8,10H2,1-2H3,(H,18,19). The number of likely N-dealkylation sites (tertiary alicyclic amines) is 1. The third kappa shape index (κ3) is 2.78. The molecular weight excluding hydrogens is 242 g/mol. The van der Waals surface area contributed by atoms with Crippen LogP contribution in [0, 0.1) is 5.41 Å². The molecule has 0 radical (unpaired) electrons. The van der Waals surface area contributed by atoms with Crippen molar-refractivity contribution in [2.45, 2.75) is 26.7 Å². The second kappa shape index (κ2) is 5.03. The zero-order chi connectivity index (χ0) is 14.0. The number of nitrogens with zero attached hydrogens (tertiary/aromatic N) is 1. The molecule has 102 valence electrons. The van der Waals surface area contributed by atoms with Crippen LogP contribution in [-0.2, 0) is 0 Å². The number of hydrogen-bond donors (Lipinski definition) is 1. The monoisotopic (exact) mass is 261 g/mol. The van der Waals surface area contributed by atoms with Gasteiger partial charge in [-0.1, -0.05) is 19.9 Å². The van der Waals surface area contributed by atoms with Gasteiger partial charge in [-0.3, -0.25) is 4.79 Å². The van der Waals surface area contributed by atoms with E-state index in [0.29, 0.717) is 5.56 Å². The summed E-state index contributed by atoms with van der Waals surface area (Å²) < 4.78 is 0. The van der Waals surface area contributed by atoms with Crippen molar-refractivity contribution in [3.05, 3.63) is 35.4 Å². The molecule has 0 bridgehead atoms. The Morgan fingerprint density at radius 1 is 1.37 bits per heavy atom. The number of carboxylic acid groups (broad SMARTS) is 1. The van der Waals surface area contributed by atoms with E-state index in [-0.39, 0.29) is 16.9 Å². The molecule has 1 amide bonds. The van der Waals surface area contributed by atoms with E-state index in [0.717, 1.165) is 25.9 Å². The lowest BCUT2D eigenvalue weighted by molar-refractivity contribution is 0.0697. The fraction of sp³-hybridized carbons (Fsp3) is 0.467. The van der Waals surface area contributed by atoms with Crippen LogP contribution in [0.2, 0.25) is 0 Å². The third-order valence-corrected chi connectivity index (χ3v) is 4.06. The predicted octanol–water partition coefficient (Wildman–Crippen LogP) is 2.65. The van der Waals surface area contributed by atoms with Gasteiger partial charge in [0.1, 0.15) is 0 Å². The van der Waals surface area contributed by atoms with E-state index in [2.05, 4.69) is 13.8 Å². The molecule has 1 atom stereocenters. The second-order valence-electron chi connectivity index (χ2n) is 5.53. The molecule has 0 aromatic heterocycles. The van der Waals surface area contributed by atoms with Gasteiger partial charge in [0, 0.05) is 18.7 Å². The van der Waals surface area contributed by atoms with Gasteiger partial charge >= 0.3 is 5.97 Å². The van der Waals surface area contributed by atoms with E-state index in [4.69, 9.17) is 5.11 Å². The molecule has 1 saturated heterocycles. The molecule has 1 aliphatic heterocycles. The fourth-order valence-corrected chi connectivity index (χ4v) is 2.45. The summed E-state index contributed by atoms with van der Waals surface area (Å²) in [7, 11) is 0. The summed E-state index contributed by atoms with van der Waals surface area (Å²) in [5, 5.41) is 8.95. The van der Waals surface area contributed by atoms with Gasteiger partial charge in [0.2, 0.25) is 0 Å². The van der Waals surface area contributed by atoms with E-state index in [1.54, 1.807) is 12.1 Å². The SMILES string of the molecule is CCC1(C)CCN(C(=O)c2cccc(C(=O)O)c2)C1. The van der Waals surface area contributed by atoms with Crippen LogP contribution < -0.4 is 0 Å². The van der Waals surface area contributed by atoms with Gasteiger partial charge < -0.3 is 10.0 Å². The molecular formula is C15H19NO3. The Bertz CT molecular complexity index is 512. The first-order chi connectivity index (χ1) is 8.95. The van der Waals surface area contributed by atoms with Crippen molar-refractivity contribution in [3.63, 3.8) is 0 Å². The van der Waals surface area contributed by atoms with Crippen molar-refractivity contribution in [2.75, 3.05) is 13.1 Å². The molecule has 1 aromatic rings. The molecule has 1 aliphatic rings. The number of benzene rings is 1. The van der Waals surface area contributed by atoms with E-state index >= 15 is 0 Å². The second-order valence-corrected chi connectivity index (χ2v) is 5.53. The molecule has 4 heteroatoms. The number of hydrogen-bond acceptors (Lipinski definition) is 2. The summed E-state index contributed by atoms with van der Waals surface area (Å²) in [6.07, 6.45) is 2.06. The van der Waals surface area contributed by atoms with Crippen molar-refractivity contribution in [1.82, 2.24) is 4.90 Å². The zero-order valence-corrected chi connectivity index (χ0v) is 11.3. The average molecular weight is 261 g/mol. The number of amides is 1. The third-order valence-electron chi connectivity index (χ3n) is 4.06. The Kier molecular flexibility index (Phi) is 3.60.